The Kier molecular flexibility index (Phi) is 2.73. The molecular formula is C13H17N3O3. The molecule has 102 valence electrons. The summed E-state index contributed by atoms with van der Waals surface area (Å²) in [7, 11) is 0. The fourth-order valence-corrected chi connectivity index (χ4v) is 2.75. The van der Waals surface area contributed by atoms with Crippen molar-refractivity contribution >= 4 is 12.0 Å². The number of nitrogens with zero attached hydrogens (tertiary/aromatic N) is 1. The van der Waals surface area contributed by atoms with Gasteiger partial charge in [0.15, 0.2) is 0 Å². The molecule has 3 heterocycles. The number of aromatic amines is 1. The van der Waals surface area contributed by atoms with Gasteiger partial charge < -0.3 is 19.9 Å². The zero-order chi connectivity index (χ0) is 13.5. The molecule has 2 aliphatic rings. The second-order valence-electron chi connectivity index (χ2n) is 5.23. The van der Waals surface area contributed by atoms with Gasteiger partial charge in [-0.1, -0.05) is 0 Å². The number of rotatable bonds is 1. The van der Waals surface area contributed by atoms with Crippen molar-refractivity contribution in [3.63, 3.8) is 0 Å². The van der Waals surface area contributed by atoms with Gasteiger partial charge in [-0.15, -0.1) is 0 Å². The molecule has 0 unspecified atom stereocenters. The lowest BCUT2D eigenvalue weighted by Crippen LogP contribution is -2.48. The largest absolute Gasteiger partial charge is 0.441 e. The summed E-state index contributed by atoms with van der Waals surface area (Å²) in [4.78, 5) is 28.3. The number of carbonyl (C=O) groups is 2. The minimum absolute atomic E-state index is 0.0471. The van der Waals surface area contributed by atoms with E-state index >= 15 is 0 Å². The fourth-order valence-electron chi connectivity index (χ4n) is 2.75. The van der Waals surface area contributed by atoms with E-state index in [1.165, 1.54) is 0 Å². The minimum Gasteiger partial charge on any atom is -0.441 e. The third-order valence-corrected chi connectivity index (χ3v) is 4.01. The van der Waals surface area contributed by atoms with Crippen LogP contribution in [-0.2, 0) is 4.74 Å². The van der Waals surface area contributed by atoms with Gasteiger partial charge in [0.2, 0.25) is 0 Å². The van der Waals surface area contributed by atoms with Crippen molar-refractivity contribution in [3.05, 3.63) is 23.5 Å². The summed E-state index contributed by atoms with van der Waals surface area (Å²) < 4.78 is 5.34. The Morgan fingerprint density at radius 1 is 1.42 bits per heavy atom. The van der Waals surface area contributed by atoms with Crippen molar-refractivity contribution in [3.8, 4) is 0 Å². The highest BCUT2D eigenvalue weighted by molar-refractivity contribution is 5.95. The van der Waals surface area contributed by atoms with Crippen molar-refractivity contribution in [2.75, 3.05) is 19.6 Å². The number of amides is 2. The molecule has 1 aromatic rings. The first-order chi connectivity index (χ1) is 9.10. The third-order valence-electron chi connectivity index (χ3n) is 4.01. The number of nitrogens with one attached hydrogen (secondary N) is 2. The molecule has 2 saturated heterocycles. The fraction of sp³-hybridized carbons (Fsp3) is 0.538. The number of piperidine rings is 1. The number of hydrogen-bond acceptors (Lipinski definition) is 3. The van der Waals surface area contributed by atoms with E-state index in [1.807, 2.05) is 11.8 Å². The molecule has 0 bridgehead atoms. The molecular weight excluding hydrogens is 246 g/mol. The first kappa shape index (κ1) is 12.1. The van der Waals surface area contributed by atoms with Crippen molar-refractivity contribution in [1.29, 1.82) is 0 Å². The molecule has 2 fully saturated rings. The smallest absolute Gasteiger partial charge is 0.407 e. The van der Waals surface area contributed by atoms with Crippen LogP contribution in [0, 0.1) is 6.92 Å². The molecule has 6 nitrogen and oxygen atoms in total. The Bertz CT molecular complexity index is 515. The number of likely N-dealkylation sites (tertiary alicyclic amines) is 1. The summed E-state index contributed by atoms with van der Waals surface area (Å²) in [6.45, 7) is 3.69. The number of alkyl carbamates (subject to hydrolysis) is 1. The zero-order valence-corrected chi connectivity index (χ0v) is 10.9. The zero-order valence-electron chi connectivity index (χ0n) is 10.9. The second-order valence-corrected chi connectivity index (χ2v) is 5.23. The monoisotopic (exact) mass is 263 g/mol. The Morgan fingerprint density at radius 2 is 2.16 bits per heavy atom. The van der Waals surface area contributed by atoms with Gasteiger partial charge in [-0.25, -0.2) is 4.79 Å². The Morgan fingerprint density at radius 3 is 2.68 bits per heavy atom. The summed E-state index contributed by atoms with van der Waals surface area (Å²) in [6, 6.07) is 1.80. The summed E-state index contributed by atoms with van der Waals surface area (Å²) in [5, 5.41) is 2.69. The van der Waals surface area contributed by atoms with Crippen LogP contribution >= 0.6 is 0 Å². The lowest BCUT2D eigenvalue weighted by molar-refractivity contribution is 0.00330. The van der Waals surface area contributed by atoms with Gasteiger partial charge in [0, 0.05) is 37.8 Å². The molecule has 6 heteroatoms. The highest BCUT2D eigenvalue weighted by atomic mass is 16.6. The van der Waals surface area contributed by atoms with Crippen LogP contribution in [0.3, 0.4) is 0 Å². The van der Waals surface area contributed by atoms with Crippen LogP contribution in [0.25, 0.3) is 0 Å². The predicted molar refractivity (Wildman–Crippen MR) is 67.9 cm³/mol. The van der Waals surface area contributed by atoms with Crippen LogP contribution < -0.4 is 5.32 Å². The molecule has 0 atom stereocenters. The first-order valence-electron chi connectivity index (χ1n) is 6.50. The van der Waals surface area contributed by atoms with Crippen LogP contribution in [0.4, 0.5) is 4.79 Å². The highest BCUT2D eigenvalue weighted by Gasteiger charge is 2.43. The van der Waals surface area contributed by atoms with Crippen molar-refractivity contribution < 1.29 is 14.3 Å². The summed E-state index contributed by atoms with van der Waals surface area (Å²) >= 11 is 0. The number of ether oxygens (including phenoxy) is 1. The van der Waals surface area contributed by atoms with E-state index in [0.29, 0.717) is 32.5 Å². The maximum atomic E-state index is 12.3. The number of hydrogen-bond donors (Lipinski definition) is 2. The van der Waals surface area contributed by atoms with E-state index in [0.717, 1.165) is 11.3 Å². The third kappa shape index (κ3) is 2.07. The molecule has 0 radical (unpaired) electrons. The summed E-state index contributed by atoms with van der Waals surface area (Å²) in [5.41, 5.74) is 1.21. The van der Waals surface area contributed by atoms with Crippen LogP contribution in [0.5, 0.6) is 0 Å². The van der Waals surface area contributed by atoms with Gasteiger partial charge in [-0.2, -0.15) is 0 Å². The quantitative estimate of drug-likeness (QED) is 0.795. The minimum atomic E-state index is -0.402. The predicted octanol–water partition coefficient (Wildman–Crippen LogP) is 1.04. The van der Waals surface area contributed by atoms with Gasteiger partial charge in [0.05, 0.1) is 12.1 Å². The van der Waals surface area contributed by atoms with Gasteiger partial charge in [0.1, 0.15) is 5.60 Å². The summed E-state index contributed by atoms with van der Waals surface area (Å²) in [5.74, 6) is 0.0471. The van der Waals surface area contributed by atoms with Crippen molar-refractivity contribution in [2.24, 2.45) is 0 Å². The molecule has 0 saturated carbocycles. The number of aromatic nitrogens is 1. The molecule has 2 aliphatic heterocycles. The van der Waals surface area contributed by atoms with E-state index in [2.05, 4.69) is 10.3 Å². The van der Waals surface area contributed by atoms with E-state index in [1.54, 1.807) is 12.3 Å². The number of aryl methyl sites for hydroxylation is 1. The maximum absolute atomic E-state index is 12.3. The van der Waals surface area contributed by atoms with E-state index < -0.39 is 5.60 Å². The van der Waals surface area contributed by atoms with Crippen LogP contribution in [0.1, 0.15) is 28.9 Å². The maximum Gasteiger partial charge on any atom is 0.407 e. The Balaban J connectivity index is 1.66. The molecule has 3 rings (SSSR count). The molecule has 2 N–H and O–H groups in total. The molecule has 0 aromatic carbocycles. The van der Waals surface area contributed by atoms with E-state index in [-0.39, 0.29) is 12.0 Å². The standard InChI is InChI=1S/C13H17N3O3/c1-9-10(2-5-14-9)11(17)16-6-3-13(4-7-16)8-15-12(18)19-13/h2,5,14H,3-4,6-8H2,1H3,(H,15,18). The SMILES string of the molecule is Cc1[nH]ccc1C(=O)N1CCC2(CC1)CNC(=O)O2. The Labute approximate surface area is 111 Å². The first-order valence-corrected chi connectivity index (χ1v) is 6.50. The van der Waals surface area contributed by atoms with Crippen LogP contribution in [0.15, 0.2) is 12.3 Å². The van der Waals surface area contributed by atoms with Crippen LogP contribution in [-0.4, -0.2) is 47.1 Å². The van der Waals surface area contributed by atoms with Gasteiger partial charge in [-0.3, -0.25) is 4.79 Å². The number of carbonyl (C=O) groups excluding carboxylic acids is 2. The molecule has 1 spiro atoms. The van der Waals surface area contributed by atoms with Crippen molar-refractivity contribution in [1.82, 2.24) is 15.2 Å². The van der Waals surface area contributed by atoms with Crippen LogP contribution in [0.2, 0.25) is 0 Å². The average Bonchev–Trinajstić information content (AvgIpc) is 2.97. The van der Waals surface area contributed by atoms with Gasteiger partial charge in [0.25, 0.3) is 5.91 Å². The normalized spacial score (nSPS) is 21.3. The highest BCUT2D eigenvalue weighted by Crippen LogP contribution is 2.29. The molecule has 19 heavy (non-hydrogen) atoms. The second kappa shape index (κ2) is 4.29. The van der Waals surface area contributed by atoms with Crippen molar-refractivity contribution in [2.45, 2.75) is 25.4 Å². The summed E-state index contributed by atoms with van der Waals surface area (Å²) in [6.07, 6.45) is 2.82. The lowest BCUT2D eigenvalue weighted by atomic mass is 9.91. The molecule has 1 aromatic heterocycles. The molecule has 0 aliphatic carbocycles. The number of H-pyrrole nitrogens is 1. The Hall–Kier alpha value is -1.98. The topological polar surface area (TPSA) is 74.4 Å². The molecule has 2 amide bonds. The average molecular weight is 263 g/mol. The van der Waals surface area contributed by atoms with Gasteiger partial charge >= 0.3 is 6.09 Å². The van der Waals surface area contributed by atoms with Gasteiger partial charge in [-0.05, 0) is 13.0 Å². The van der Waals surface area contributed by atoms with E-state index in [4.69, 9.17) is 4.74 Å². The lowest BCUT2D eigenvalue weighted by Gasteiger charge is -2.37. The van der Waals surface area contributed by atoms with E-state index in [9.17, 15) is 9.59 Å².